The van der Waals surface area contributed by atoms with Gasteiger partial charge in [-0.15, -0.1) is 0 Å². The van der Waals surface area contributed by atoms with Crippen LogP contribution in [-0.4, -0.2) is 32.8 Å². The molecule has 0 bridgehead atoms. The maximum atomic E-state index is 5.68. The molecule has 92 valence electrons. The Morgan fingerprint density at radius 2 is 1.87 bits per heavy atom. The lowest BCUT2D eigenvalue weighted by Gasteiger charge is -2.19. The monoisotopic (exact) mass is 216 g/mol. The topological polar surface area (TPSA) is 47.3 Å². The van der Waals surface area contributed by atoms with Crippen LogP contribution in [0.5, 0.6) is 0 Å². The fourth-order valence-electron chi connectivity index (χ4n) is 1.34. The second kappa shape index (κ2) is 9.13. The number of rotatable bonds is 9. The molecule has 0 rings (SSSR count). The molecule has 0 fully saturated rings. The van der Waals surface area contributed by atoms with Gasteiger partial charge in [0.25, 0.3) is 0 Å². The van der Waals surface area contributed by atoms with Crippen molar-refractivity contribution in [1.82, 2.24) is 5.32 Å². The molecule has 0 radical (unpaired) electrons. The van der Waals surface area contributed by atoms with Gasteiger partial charge in [0, 0.05) is 13.2 Å². The summed E-state index contributed by atoms with van der Waals surface area (Å²) < 4.78 is 5.48. The molecule has 0 aliphatic carbocycles. The Balaban J connectivity index is 3.29. The molecule has 3 heteroatoms. The molecular formula is C12H28N2O. The maximum absolute atomic E-state index is 5.68. The zero-order valence-corrected chi connectivity index (χ0v) is 10.8. The first-order valence-corrected chi connectivity index (χ1v) is 6.06. The van der Waals surface area contributed by atoms with Crippen molar-refractivity contribution >= 4 is 0 Å². The minimum Gasteiger partial charge on any atom is -0.380 e. The fraction of sp³-hybridized carbons (Fsp3) is 1.00. The van der Waals surface area contributed by atoms with Crippen molar-refractivity contribution < 1.29 is 4.74 Å². The van der Waals surface area contributed by atoms with Crippen molar-refractivity contribution in [3.05, 3.63) is 0 Å². The molecule has 1 unspecified atom stereocenters. The van der Waals surface area contributed by atoms with E-state index < -0.39 is 0 Å². The highest BCUT2D eigenvalue weighted by atomic mass is 16.5. The van der Waals surface area contributed by atoms with Crippen molar-refractivity contribution in [3.63, 3.8) is 0 Å². The van der Waals surface area contributed by atoms with E-state index >= 15 is 0 Å². The van der Waals surface area contributed by atoms with Gasteiger partial charge in [-0.1, -0.05) is 27.7 Å². The highest BCUT2D eigenvalue weighted by molar-refractivity contribution is 4.66. The Morgan fingerprint density at radius 1 is 1.20 bits per heavy atom. The minimum absolute atomic E-state index is 0.579. The third-order valence-corrected chi connectivity index (χ3v) is 2.53. The van der Waals surface area contributed by atoms with E-state index in [1.165, 1.54) is 0 Å². The van der Waals surface area contributed by atoms with Gasteiger partial charge in [0.15, 0.2) is 0 Å². The summed E-state index contributed by atoms with van der Waals surface area (Å²) in [7, 11) is 0. The fourth-order valence-corrected chi connectivity index (χ4v) is 1.34. The van der Waals surface area contributed by atoms with E-state index in [0.717, 1.165) is 32.8 Å². The van der Waals surface area contributed by atoms with Crippen molar-refractivity contribution in [1.29, 1.82) is 0 Å². The molecule has 0 heterocycles. The molecule has 0 aromatic carbocycles. The highest BCUT2D eigenvalue weighted by Gasteiger charge is 2.09. The first-order valence-electron chi connectivity index (χ1n) is 6.06. The molecule has 0 spiro atoms. The smallest absolute Gasteiger partial charge is 0.0591 e. The molecule has 0 aliphatic rings. The molecule has 3 nitrogen and oxygen atoms in total. The van der Waals surface area contributed by atoms with Gasteiger partial charge in [-0.2, -0.15) is 0 Å². The summed E-state index contributed by atoms with van der Waals surface area (Å²) in [5.74, 6) is 1.85. The van der Waals surface area contributed by atoms with E-state index in [2.05, 4.69) is 33.0 Å². The lowest BCUT2D eigenvalue weighted by molar-refractivity contribution is 0.111. The van der Waals surface area contributed by atoms with Gasteiger partial charge in [0.2, 0.25) is 0 Å². The Hall–Kier alpha value is -0.120. The summed E-state index contributed by atoms with van der Waals surface area (Å²) in [4.78, 5) is 0. The summed E-state index contributed by atoms with van der Waals surface area (Å²) in [6.45, 7) is 13.1. The largest absolute Gasteiger partial charge is 0.380 e. The Morgan fingerprint density at radius 3 is 2.33 bits per heavy atom. The molecule has 0 aromatic rings. The summed E-state index contributed by atoms with van der Waals surface area (Å²) in [6, 6.07) is 0. The van der Waals surface area contributed by atoms with Gasteiger partial charge in [-0.3, -0.25) is 0 Å². The molecule has 0 amide bonds. The summed E-state index contributed by atoms with van der Waals surface area (Å²) in [5, 5.41) is 3.39. The van der Waals surface area contributed by atoms with Crippen LogP contribution in [0.3, 0.4) is 0 Å². The van der Waals surface area contributed by atoms with Crippen LogP contribution in [0.25, 0.3) is 0 Å². The van der Waals surface area contributed by atoms with E-state index in [4.69, 9.17) is 10.5 Å². The highest BCUT2D eigenvalue weighted by Crippen LogP contribution is 2.06. The van der Waals surface area contributed by atoms with Crippen molar-refractivity contribution in [2.45, 2.75) is 27.7 Å². The predicted octanol–water partition coefficient (Wildman–Crippen LogP) is 1.48. The van der Waals surface area contributed by atoms with Gasteiger partial charge >= 0.3 is 0 Å². The number of hydrogen-bond donors (Lipinski definition) is 2. The molecule has 1 atom stereocenters. The van der Waals surface area contributed by atoms with Crippen LogP contribution in [0, 0.1) is 17.8 Å². The summed E-state index contributed by atoms with van der Waals surface area (Å²) in [6.07, 6.45) is 0. The molecule has 0 saturated carbocycles. The second-order valence-electron chi connectivity index (χ2n) is 4.91. The van der Waals surface area contributed by atoms with E-state index in [9.17, 15) is 0 Å². The number of ether oxygens (including phenoxy) is 1. The predicted molar refractivity (Wildman–Crippen MR) is 65.9 cm³/mol. The SMILES string of the molecule is CC(C)COCCNCC(CN)C(C)C. The van der Waals surface area contributed by atoms with Crippen LogP contribution in [0.15, 0.2) is 0 Å². The third-order valence-electron chi connectivity index (χ3n) is 2.53. The zero-order chi connectivity index (χ0) is 11.7. The van der Waals surface area contributed by atoms with Crippen LogP contribution >= 0.6 is 0 Å². The molecule has 3 N–H and O–H groups in total. The van der Waals surface area contributed by atoms with Crippen LogP contribution < -0.4 is 11.1 Å². The van der Waals surface area contributed by atoms with Crippen molar-refractivity contribution in [2.75, 3.05) is 32.8 Å². The van der Waals surface area contributed by atoms with Gasteiger partial charge in [-0.05, 0) is 30.8 Å². The van der Waals surface area contributed by atoms with Gasteiger partial charge in [-0.25, -0.2) is 0 Å². The number of nitrogens with one attached hydrogen (secondary N) is 1. The van der Waals surface area contributed by atoms with E-state index in [1.54, 1.807) is 0 Å². The molecule has 0 saturated heterocycles. The average molecular weight is 216 g/mol. The van der Waals surface area contributed by atoms with Gasteiger partial charge in [0.1, 0.15) is 0 Å². The van der Waals surface area contributed by atoms with Crippen LogP contribution in [-0.2, 0) is 4.74 Å². The van der Waals surface area contributed by atoms with E-state index in [-0.39, 0.29) is 0 Å². The van der Waals surface area contributed by atoms with Gasteiger partial charge in [0.05, 0.1) is 6.61 Å². The molecule has 15 heavy (non-hydrogen) atoms. The Bertz CT molecular complexity index is 138. The van der Waals surface area contributed by atoms with E-state index in [1.807, 2.05) is 0 Å². The lowest BCUT2D eigenvalue weighted by Crippen LogP contribution is -2.33. The minimum atomic E-state index is 0.579. The summed E-state index contributed by atoms with van der Waals surface area (Å²) in [5.41, 5.74) is 5.68. The quantitative estimate of drug-likeness (QED) is 0.574. The maximum Gasteiger partial charge on any atom is 0.0591 e. The molecule has 0 aromatic heterocycles. The number of hydrogen-bond acceptors (Lipinski definition) is 3. The standard InChI is InChI=1S/C12H28N2O/c1-10(2)9-15-6-5-14-8-12(7-13)11(3)4/h10-12,14H,5-9,13H2,1-4H3. The van der Waals surface area contributed by atoms with Crippen molar-refractivity contribution in [3.8, 4) is 0 Å². The Labute approximate surface area is 94.8 Å². The summed E-state index contributed by atoms with van der Waals surface area (Å²) >= 11 is 0. The van der Waals surface area contributed by atoms with Gasteiger partial charge < -0.3 is 15.8 Å². The first kappa shape index (κ1) is 14.9. The lowest BCUT2D eigenvalue weighted by atomic mass is 9.96. The molecular weight excluding hydrogens is 188 g/mol. The van der Waals surface area contributed by atoms with Crippen LogP contribution in [0.1, 0.15) is 27.7 Å². The third kappa shape index (κ3) is 8.85. The van der Waals surface area contributed by atoms with E-state index in [0.29, 0.717) is 17.8 Å². The van der Waals surface area contributed by atoms with Crippen LogP contribution in [0.4, 0.5) is 0 Å². The molecule has 0 aliphatic heterocycles. The first-order chi connectivity index (χ1) is 7.07. The van der Waals surface area contributed by atoms with Crippen molar-refractivity contribution in [2.24, 2.45) is 23.5 Å². The average Bonchev–Trinajstić information content (AvgIpc) is 2.15. The number of nitrogens with two attached hydrogens (primary N) is 1. The normalized spacial score (nSPS) is 13.8. The Kier molecular flexibility index (Phi) is 9.06. The zero-order valence-electron chi connectivity index (χ0n) is 10.8. The van der Waals surface area contributed by atoms with Crippen LogP contribution in [0.2, 0.25) is 0 Å². The second-order valence-corrected chi connectivity index (χ2v) is 4.91.